The van der Waals surface area contributed by atoms with Gasteiger partial charge in [0.1, 0.15) is 0 Å². The van der Waals surface area contributed by atoms with Crippen molar-refractivity contribution in [3.63, 3.8) is 0 Å². The van der Waals surface area contributed by atoms with E-state index < -0.39 is 0 Å². The lowest BCUT2D eigenvalue weighted by Gasteiger charge is -2.12. The first-order chi connectivity index (χ1) is 12.0. The number of hydrogen-bond donors (Lipinski definition) is 2. The van der Waals surface area contributed by atoms with Gasteiger partial charge in [-0.3, -0.25) is 14.6 Å². The molecule has 0 aliphatic heterocycles. The molecule has 0 aliphatic rings. The van der Waals surface area contributed by atoms with Gasteiger partial charge < -0.3 is 11.1 Å². The number of hydrogen-bond acceptors (Lipinski definition) is 3. The van der Waals surface area contributed by atoms with E-state index in [0.29, 0.717) is 17.7 Å². The van der Waals surface area contributed by atoms with Crippen LogP contribution >= 0.6 is 0 Å². The fourth-order valence-corrected chi connectivity index (χ4v) is 2.83. The van der Waals surface area contributed by atoms with E-state index in [9.17, 15) is 9.59 Å². The van der Waals surface area contributed by atoms with Gasteiger partial charge in [0, 0.05) is 35.5 Å². The van der Waals surface area contributed by atoms with E-state index in [1.165, 1.54) is 0 Å². The van der Waals surface area contributed by atoms with Gasteiger partial charge in [0.15, 0.2) is 0 Å². The number of amides is 2. The minimum absolute atomic E-state index is 0.0489. The molecule has 0 saturated carbocycles. The summed E-state index contributed by atoms with van der Waals surface area (Å²) >= 11 is 0. The summed E-state index contributed by atoms with van der Waals surface area (Å²) in [6.07, 6.45) is 3.71. The van der Waals surface area contributed by atoms with Crippen LogP contribution in [0.4, 0.5) is 5.69 Å². The van der Waals surface area contributed by atoms with Crippen LogP contribution in [0, 0.1) is 0 Å². The third-order valence-electron chi connectivity index (χ3n) is 4.17. The summed E-state index contributed by atoms with van der Waals surface area (Å²) in [6.45, 7) is 1.95. The highest BCUT2D eigenvalue weighted by Crippen LogP contribution is 2.22. The molecule has 1 atom stereocenters. The highest BCUT2D eigenvalue weighted by atomic mass is 16.2. The number of fused-ring (bicyclic) bond motifs is 1. The number of anilines is 1. The maximum atomic E-state index is 12.6. The third kappa shape index (κ3) is 3.83. The molecule has 2 aromatic carbocycles. The Morgan fingerprint density at radius 3 is 2.60 bits per heavy atom. The van der Waals surface area contributed by atoms with Gasteiger partial charge in [-0.1, -0.05) is 31.2 Å². The number of aromatic nitrogens is 1. The number of primary amides is 1. The van der Waals surface area contributed by atoms with Gasteiger partial charge in [-0.15, -0.1) is 0 Å². The maximum absolute atomic E-state index is 12.6. The van der Waals surface area contributed by atoms with Crippen LogP contribution in [0.1, 0.15) is 35.2 Å². The Morgan fingerprint density at radius 1 is 1.12 bits per heavy atom. The topological polar surface area (TPSA) is 85.1 Å². The van der Waals surface area contributed by atoms with E-state index in [-0.39, 0.29) is 17.7 Å². The normalized spacial score (nSPS) is 11.9. The number of carbonyl (C=O) groups excluding carboxylic acids is 2. The highest BCUT2D eigenvalue weighted by molar-refractivity contribution is 6.12. The molecule has 0 saturated heterocycles. The Morgan fingerprint density at radius 2 is 1.88 bits per heavy atom. The van der Waals surface area contributed by atoms with Crippen molar-refractivity contribution in [3.8, 4) is 0 Å². The Balaban J connectivity index is 1.78. The highest BCUT2D eigenvalue weighted by Gasteiger charge is 2.12. The minimum atomic E-state index is -0.324. The lowest BCUT2D eigenvalue weighted by molar-refractivity contribution is -0.118. The zero-order valence-corrected chi connectivity index (χ0v) is 13.9. The predicted molar refractivity (Wildman–Crippen MR) is 98.4 cm³/mol. The monoisotopic (exact) mass is 333 g/mol. The summed E-state index contributed by atoms with van der Waals surface area (Å²) in [6, 6.07) is 14.8. The van der Waals surface area contributed by atoms with Gasteiger partial charge in [0.25, 0.3) is 5.91 Å². The molecule has 0 spiro atoms. The van der Waals surface area contributed by atoms with Gasteiger partial charge in [-0.05, 0) is 41.1 Å². The molecule has 0 fully saturated rings. The van der Waals surface area contributed by atoms with E-state index in [0.717, 1.165) is 16.3 Å². The van der Waals surface area contributed by atoms with Crippen molar-refractivity contribution in [1.82, 2.24) is 4.98 Å². The summed E-state index contributed by atoms with van der Waals surface area (Å²) in [5.41, 5.74) is 7.55. The van der Waals surface area contributed by atoms with E-state index in [1.807, 2.05) is 49.4 Å². The Hall–Kier alpha value is -3.21. The smallest absolute Gasteiger partial charge is 0.256 e. The fraction of sp³-hybridized carbons (Fsp3) is 0.150. The molecule has 1 heterocycles. The molecule has 3 rings (SSSR count). The first-order valence-electron chi connectivity index (χ1n) is 8.07. The fourth-order valence-electron chi connectivity index (χ4n) is 2.83. The van der Waals surface area contributed by atoms with Crippen molar-refractivity contribution in [2.24, 2.45) is 5.73 Å². The van der Waals surface area contributed by atoms with Crippen LogP contribution in [0.5, 0.6) is 0 Å². The van der Waals surface area contributed by atoms with Crippen molar-refractivity contribution in [3.05, 3.63) is 72.1 Å². The van der Waals surface area contributed by atoms with Gasteiger partial charge in [0.05, 0.1) is 0 Å². The van der Waals surface area contributed by atoms with Gasteiger partial charge in [0.2, 0.25) is 5.91 Å². The SMILES string of the molecule is CC(CC(N)=O)c1ccc(NC(=O)c2cccc3cnccc23)cc1. The average molecular weight is 333 g/mol. The molecule has 0 radical (unpaired) electrons. The number of nitrogens with zero attached hydrogens (tertiary/aromatic N) is 1. The molecule has 3 N–H and O–H groups in total. The lowest BCUT2D eigenvalue weighted by Crippen LogP contribution is -2.14. The number of pyridine rings is 1. The molecule has 0 bridgehead atoms. The average Bonchev–Trinajstić information content (AvgIpc) is 2.61. The lowest BCUT2D eigenvalue weighted by atomic mass is 9.97. The quantitative estimate of drug-likeness (QED) is 0.750. The molecular weight excluding hydrogens is 314 g/mol. The van der Waals surface area contributed by atoms with Crippen molar-refractivity contribution in [1.29, 1.82) is 0 Å². The number of nitrogens with one attached hydrogen (secondary N) is 1. The molecule has 3 aromatic rings. The molecule has 1 unspecified atom stereocenters. The van der Waals surface area contributed by atoms with Crippen LogP contribution in [0.2, 0.25) is 0 Å². The largest absolute Gasteiger partial charge is 0.370 e. The van der Waals surface area contributed by atoms with Crippen LogP contribution < -0.4 is 11.1 Å². The van der Waals surface area contributed by atoms with E-state index >= 15 is 0 Å². The Labute approximate surface area is 145 Å². The summed E-state index contributed by atoms with van der Waals surface area (Å²) in [4.78, 5) is 27.7. The number of nitrogens with two attached hydrogens (primary N) is 1. The molecule has 126 valence electrons. The zero-order valence-electron chi connectivity index (χ0n) is 13.9. The van der Waals surface area contributed by atoms with Crippen LogP contribution in [-0.2, 0) is 4.79 Å². The second-order valence-corrected chi connectivity index (χ2v) is 6.05. The first kappa shape index (κ1) is 16.6. The van der Waals surface area contributed by atoms with Crippen LogP contribution in [-0.4, -0.2) is 16.8 Å². The summed E-state index contributed by atoms with van der Waals surface area (Å²) in [5, 5.41) is 4.69. The van der Waals surface area contributed by atoms with Gasteiger partial charge >= 0.3 is 0 Å². The van der Waals surface area contributed by atoms with E-state index in [4.69, 9.17) is 5.73 Å². The zero-order chi connectivity index (χ0) is 17.8. The van der Waals surface area contributed by atoms with Crippen molar-refractivity contribution in [2.45, 2.75) is 19.3 Å². The molecule has 1 aromatic heterocycles. The number of benzene rings is 2. The second-order valence-electron chi connectivity index (χ2n) is 6.05. The minimum Gasteiger partial charge on any atom is -0.370 e. The molecule has 25 heavy (non-hydrogen) atoms. The summed E-state index contributed by atoms with van der Waals surface area (Å²) in [7, 11) is 0. The van der Waals surface area contributed by atoms with Gasteiger partial charge in [-0.25, -0.2) is 0 Å². The Bertz CT molecular complexity index is 914. The van der Waals surface area contributed by atoms with Crippen LogP contribution in [0.15, 0.2) is 60.9 Å². The molecule has 2 amide bonds. The number of rotatable bonds is 5. The molecule has 5 heteroatoms. The summed E-state index contributed by atoms with van der Waals surface area (Å²) < 4.78 is 0. The van der Waals surface area contributed by atoms with Crippen molar-refractivity contribution in [2.75, 3.05) is 5.32 Å². The van der Waals surface area contributed by atoms with Crippen molar-refractivity contribution < 1.29 is 9.59 Å². The summed E-state index contributed by atoms with van der Waals surface area (Å²) in [5.74, 6) is -0.446. The van der Waals surface area contributed by atoms with E-state index in [2.05, 4.69) is 10.3 Å². The standard InChI is InChI=1S/C20H19N3O2/c1-13(11-19(21)24)14-5-7-16(8-6-14)23-20(25)18-4-2-3-15-12-22-10-9-17(15)18/h2-10,12-13H,11H2,1H3,(H2,21,24)(H,23,25). The second kappa shape index (κ2) is 7.13. The first-order valence-corrected chi connectivity index (χ1v) is 8.07. The van der Waals surface area contributed by atoms with E-state index in [1.54, 1.807) is 18.5 Å². The van der Waals surface area contributed by atoms with Crippen LogP contribution in [0.3, 0.4) is 0 Å². The molecular formula is C20H19N3O2. The van der Waals surface area contributed by atoms with Crippen LogP contribution in [0.25, 0.3) is 10.8 Å². The maximum Gasteiger partial charge on any atom is 0.256 e. The predicted octanol–water partition coefficient (Wildman–Crippen LogP) is 3.47. The van der Waals surface area contributed by atoms with Gasteiger partial charge in [-0.2, -0.15) is 0 Å². The van der Waals surface area contributed by atoms with Crippen molar-refractivity contribution >= 4 is 28.3 Å². The molecule has 5 nitrogen and oxygen atoms in total. The third-order valence-corrected chi connectivity index (χ3v) is 4.17. The Kier molecular flexibility index (Phi) is 4.75. The molecule has 0 aliphatic carbocycles. The number of carbonyl (C=O) groups is 2.